The van der Waals surface area contributed by atoms with Crippen LogP contribution in [0.3, 0.4) is 0 Å². The van der Waals surface area contributed by atoms with E-state index in [2.05, 4.69) is 33.4 Å². The molecule has 0 bridgehead atoms. The number of aryl methyl sites for hydroxylation is 1. The molecule has 0 unspecified atom stereocenters. The van der Waals surface area contributed by atoms with Gasteiger partial charge in [-0.25, -0.2) is 4.98 Å². The molecule has 0 aromatic carbocycles. The summed E-state index contributed by atoms with van der Waals surface area (Å²) in [5.74, 6) is 1.09. The molecule has 0 spiro atoms. The number of nitrogens with one attached hydrogen (secondary N) is 2. The maximum atomic E-state index is 4.76. The van der Waals surface area contributed by atoms with Crippen LogP contribution in [-0.2, 0) is 0 Å². The number of H-pyrrole nitrogens is 1. The van der Waals surface area contributed by atoms with Crippen molar-refractivity contribution in [3.8, 4) is 11.3 Å². The molecule has 1 aliphatic heterocycles. The van der Waals surface area contributed by atoms with E-state index in [1.54, 1.807) is 0 Å². The Kier molecular flexibility index (Phi) is 5.02. The van der Waals surface area contributed by atoms with Gasteiger partial charge in [0.05, 0.1) is 5.69 Å². The van der Waals surface area contributed by atoms with Gasteiger partial charge in [-0.15, -0.1) is 0 Å². The second kappa shape index (κ2) is 7.56. The maximum Gasteiger partial charge on any atom is 0.137 e. The van der Waals surface area contributed by atoms with Gasteiger partial charge in [0, 0.05) is 43.1 Å². The molecule has 2 aromatic heterocycles. The number of rotatable bonds is 4. The van der Waals surface area contributed by atoms with Crippen molar-refractivity contribution in [3.05, 3.63) is 30.1 Å². The summed E-state index contributed by atoms with van der Waals surface area (Å²) in [6, 6.07) is 5.66. The molecule has 5 heteroatoms. The summed E-state index contributed by atoms with van der Waals surface area (Å²) < 4.78 is 0. The Bertz CT molecular complexity index is 667. The van der Waals surface area contributed by atoms with Crippen LogP contribution in [0.25, 0.3) is 11.3 Å². The van der Waals surface area contributed by atoms with E-state index in [0.29, 0.717) is 6.04 Å². The van der Waals surface area contributed by atoms with Crippen LogP contribution in [-0.4, -0.2) is 40.4 Å². The highest BCUT2D eigenvalue weighted by Gasteiger charge is 2.25. The lowest BCUT2D eigenvalue weighted by atomic mass is 9.93. The van der Waals surface area contributed by atoms with Gasteiger partial charge in [-0.1, -0.05) is 19.3 Å². The van der Waals surface area contributed by atoms with Gasteiger partial charge in [-0.3, -0.25) is 5.10 Å². The summed E-state index contributed by atoms with van der Waals surface area (Å²) in [6.07, 6.45) is 13.1. The number of hydrogen-bond donors (Lipinski definition) is 2. The van der Waals surface area contributed by atoms with E-state index < -0.39 is 0 Å². The molecule has 5 nitrogen and oxygen atoms in total. The number of hydrogen-bond acceptors (Lipinski definition) is 4. The minimum absolute atomic E-state index is 0.667. The van der Waals surface area contributed by atoms with Crippen LogP contribution in [0.15, 0.2) is 24.5 Å². The topological polar surface area (TPSA) is 56.8 Å². The lowest BCUT2D eigenvalue weighted by Gasteiger charge is -2.36. The third-order valence-electron chi connectivity index (χ3n) is 5.67. The Morgan fingerprint density at radius 1 is 1.08 bits per heavy atom. The van der Waals surface area contributed by atoms with Crippen molar-refractivity contribution in [2.24, 2.45) is 0 Å². The Morgan fingerprint density at radius 3 is 2.56 bits per heavy atom. The molecule has 0 amide bonds. The fourth-order valence-corrected chi connectivity index (χ4v) is 4.28. The first-order valence-corrected chi connectivity index (χ1v) is 9.77. The first-order valence-electron chi connectivity index (χ1n) is 9.77. The number of pyridine rings is 1. The van der Waals surface area contributed by atoms with Crippen molar-refractivity contribution in [1.82, 2.24) is 20.5 Å². The Balaban J connectivity index is 1.42. The van der Waals surface area contributed by atoms with Gasteiger partial charge < -0.3 is 10.2 Å². The fraction of sp³-hybridized carbons (Fsp3) is 0.600. The zero-order chi connectivity index (χ0) is 17.1. The SMILES string of the molecule is Cc1cnc(N2CCC(NC3CCCCC3)CC2)c(-c2ccn[nH]2)c1. The average molecular weight is 339 g/mol. The van der Waals surface area contributed by atoms with Gasteiger partial charge in [0.1, 0.15) is 5.82 Å². The number of aromatic nitrogens is 3. The number of nitrogens with zero attached hydrogens (tertiary/aromatic N) is 3. The Hall–Kier alpha value is -1.88. The van der Waals surface area contributed by atoms with Crippen LogP contribution in [0, 0.1) is 6.92 Å². The second-order valence-electron chi connectivity index (χ2n) is 7.62. The van der Waals surface area contributed by atoms with Crippen LogP contribution < -0.4 is 10.2 Å². The molecular formula is C20H29N5. The lowest BCUT2D eigenvalue weighted by molar-refractivity contribution is 0.307. The number of aromatic amines is 1. The quantitative estimate of drug-likeness (QED) is 0.892. The van der Waals surface area contributed by atoms with Crippen LogP contribution in [0.4, 0.5) is 5.82 Å². The highest BCUT2D eigenvalue weighted by Crippen LogP contribution is 2.30. The predicted molar refractivity (Wildman–Crippen MR) is 102 cm³/mol. The van der Waals surface area contributed by atoms with E-state index >= 15 is 0 Å². The molecule has 1 saturated carbocycles. The highest BCUT2D eigenvalue weighted by molar-refractivity contribution is 5.73. The molecule has 2 fully saturated rings. The summed E-state index contributed by atoms with van der Waals surface area (Å²) in [6.45, 7) is 4.24. The van der Waals surface area contributed by atoms with Gasteiger partial charge in [0.15, 0.2) is 0 Å². The van der Waals surface area contributed by atoms with Crippen molar-refractivity contribution in [3.63, 3.8) is 0 Å². The van der Waals surface area contributed by atoms with E-state index in [4.69, 9.17) is 4.98 Å². The summed E-state index contributed by atoms with van der Waals surface area (Å²) in [7, 11) is 0. The summed E-state index contributed by atoms with van der Waals surface area (Å²) in [4.78, 5) is 7.20. The zero-order valence-electron chi connectivity index (χ0n) is 15.2. The second-order valence-corrected chi connectivity index (χ2v) is 7.62. The van der Waals surface area contributed by atoms with E-state index in [9.17, 15) is 0 Å². The first kappa shape index (κ1) is 16.6. The number of anilines is 1. The molecule has 2 aliphatic rings. The molecule has 0 atom stereocenters. The maximum absolute atomic E-state index is 4.76. The monoisotopic (exact) mass is 339 g/mol. The highest BCUT2D eigenvalue weighted by atomic mass is 15.2. The van der Waals surface area contributed by atoms with E-state index in [0.717, 1.165) is 36.2 Å². The standard InChI is InChI=1S/C20H29N5/c1-15-13-18(19-7-10-22-24-19)20(21-14-15)25-11-8-17(9-12-25)23-16-5-3-2-4-6-16/h7,10,13-14,16-17,23H,2-6,8-9,11-12H2,1H3,(H,22,24). The smallest absolute Gasteiger partial charge is 0.137 e. The van der Waals surface area contributed by atoms with Crippen LogP contribution in [0.1, 0.15) is 50.5 Å². The van der Waals surface area contributed by atoms with Gasteiger partial charge in [-0.05, 0) is 50.3 Å². The summed E-state index contributed by atoms with van der Waals surface area (Å²) >= 11 is 0. The molecule has 2 N–H and O–H groups in total. The molecule has 134 valence electrons. The Morgan fingerprint density at radius 2 is 1.84 bits per heavy atom. The van der Waals surface area contributed by atoms with E-state index in [1.807, 2.05) is 18.5 Å². The van der Waals surface area contributed by atoms with Crippen molar-refractivity contribution in [1.29, 1.82) is 0 Å². The van der Waals surface area contributed by atoms with Gasteiger partial charge in [0.25, 0.3) is 0 Å². The summed E-state index contributed by atoms with van der Waals surface area (Å²) in [5.41, 5.74) is 3.40. The zero-order valence-corrected chi connectivity index (χ0v) is 15.2. The largest absolute Gasteiger partial charge is 0.356 e. The average Bonchev–Trinajstić information content (AvgIpc) is 3.18. The normalized spacial score (nSPS) is 20.1. The van der Waals surface area contributed by atoms with E-state index in [1.165, 1.54) is 50.5 Å². The lowest BCUT2D eigenvalue weighted by Crippen LogP contribution is -2.47. The molecule has 1 saturated heterocycles. The van der Waals surface area contributed by atoms with Gasteiger partial charge >= 0.3 is 0 Å². The van der Waals surface area contributed by atoms with Crippen molar-refractivity contribution in [2.45, 2.75) is 64.0 Å². The fourth-order valence-electron chi connectivity index (χ4n) is 4.28. The molecule has 2 aromatic rings. The predicted octanol–water partition coefficient (Wildman–Crippen LogP) is 3.67. The van der Waals surface area contributed by atoms with Crippen molar-refractivity contribution in [2.75, 3.05) is 18.0 Å². The van der Waals surface area contributed by atoms with Crippen molar-refractivity contribution >= 4 is 5.82 Å². The molecule has 0 radical (unpaired) electrons. The first-order chi connectivity index (χ1) is 12.3. The minimum Gasteiger partial charge on any atom is -0.356 e. The Labute approximate surface area is 150 Å². The molecule has 3 heterocycles. The van der Waals surface area contributed by atoms with Crippen LogP contribution >= 0.6 is 0 Å². The third kappa shape index (κ3) is 3.87. The van der Waals surface area contributed by atoms with Gasteiger partial charge in [0.2, 0.25) is 0 Å². The van der Waals surface area contributed by atoms with Crippen LogP contribution in [0.2, 0.25) is 0 Å². The molecular weight excluding hydrogens is 310 g/mol. The third-order valence-corrected chi connectivity index (χ3v) is 5.67. The van der Waals surface area contributed by atoms with Crippen LogP contribution in [0.5, 0.6) is 0 Å². The molecule has 4 rings (SSSR count). The summed E-state index contributed by atoms with van der Waals surface area (Å²) in [5, 5.41) is 11.1. The van der Waals surface area contributed by atoms with E-state index in [-0.39, 0.29) is 0 Å². The minimum atomic E-state index is 0.667. The molecule has 25 heavy (non-hydrogen) atoms. The number of piperidine rings is 1. The van der Waals surface area contributed by atoms with Gasteiger partial charge in [-0.2, -0.15) is 5.10 Å². The molecule has 1 aliphatic carbocycles. The van der Waals surface area contributed by atoms with Crippen molar-refractivity contribution < 1.29 is 0 Å².